The summed E-state index contributed by atoms with van der Waals surface area (Å²) in [6.07, 6.45) is 0.460. The minimum atomic E-state index is -4.07. The number of halogens is 2. The third-order valence-electron chi connectivity index (χ3n) is 4.77. The van der Waals surface area contributed by atoms with Crippen molar-refractivity contribution >= 4 is 61.3 Å². The molecule has 0 aliphatic heterocycles. The van der Waals surface area contributed by atoms with Crippen LogP contribution < -0.4 is 16.0 Å². The highest BCUT2D eigenvalue weighted by Crippen LogP contribution is 2.22. The second kappa shape index (κ2) is 11.0. The molecule has 0 bridgehead atoms. The number of benzene rings is 1. The Morgan fingerprint density at radius 1 is 1.21 bits per heavy atom. The van der Waals surface area contributed by atoms with Crippen molar-refractivity contribution in [1.29, 1.82) is 0 Å². The quantitative estimate of drug-likeness (QED) is 0.210. The summed E-state index contributed by atoms with van der Waals surface area (Å²) in [5.41, 5.74) is -0.410. The molecule has 0 saturated heterocycles. The van der Waals surface area contributed by atoms with E-state index in [-0.39, 0.29) is 35.9 Å². The minimum Gasteiger partial charge on any atom is -0.352 e. The fourth-order valence-corrected chi connectivity index (χ4v) is 5.76. The molecule has 0 spiro atoms. The number of hydrogen-bond acceptors (Lipinski definition) is 6. The van der Waals surface area contributed by atoms with Crippen molar-refractivity contribution in [2.24, 2.45) is 7.05 Å². The van der Waals surface area contributed by atoms with Crippen molar-refractivity contribution in [2.45, 2.75) is 44.6 Å². The molecule has 0 aliphatic rings. The Kier molecular flexibility index (Phi) is 8.73. The van der Waals surface area contributed by atoms with E-state index in [1.807, 2.05) is 0 Å². The largest absolute Gasteiger partial charge is 0.352 e. The van der Waals surface area contributed by atoms with Gasteiger partial charge in [0.2, 0.25) is 5.16 Å². The van der Waals surface area contributed by atoms with Gasteiger partial charge < -0.3 is 9.09 Å². The van der Waals surface area contributed by atoms with E-state index in [2.05, 4.69) is 31.7 Å². The summed E-state index contributed by atoms with van der Waals surface area (Å²) >= 11 is 8.07. The Balaban J connectivity index is 2.26. The van der Waals surface area contributed by atoms with Crippen LogP contribution in [0.2, 0.25) is 5.02 Å². The zero-order chi connectivity index (χ0) is 24.3. The number of fused-ring (bicyclic) bond motifs is 1. The van der Waals surface area contributed by atoms with E-state index in [0.717, 1.165) is 10.1 Å². The molecule has 0 radical (unpaired) electrons. The van der Waals surface area contributed by atoms with Crippen LogP contribution >= 0.6 is 40.1 Å². The van der Waals surface area contributed by atoms with E-state index >= 15 is 0 Å². The van der Waals surface area contributed by atoms with Gasteiger partial charge in [0, 0.05) is 24.7 Å². The molecule has 0 saturated carbocycles. The normalized spacial score (nSPS) is 12.5. The lowest BCUT2D eigenvalue weighted by molar-refractivity contribution is 0.344. The van der Waals surface area contributed by atoms with Crippen LogP contribution in [0.3, 0.4) is 0 Å². The molecule has 14 heteroatoms. The van der Waals surface area contributed by atoms with Crippen LogP contribution in [0.1, 0.15) is 25.8 Å². The maximum absolute atomic E-state index is 13.4. The van der Waals surface area contributed by atoms with E-state index in [1.54, 1.807) is 38.1 Å². The number of nitrogens with one attached hydrogen (secondary N) is 1. The summed E-state index contributed by atoms with van der Waals surface area (Å²) in [4.78, 5) is 30.5. The van der Waals surface area contributed by atoms with Crippen LogP contribution in [0.25, 0.3) is 11.2 Å². The molecule has 1 atom stereocenters. The van der Waals surface area contributed by atoms with Crippen LogP contribution in [0.4, 0.5) is 0 Å². The molecular weight excluding hydrogens is 604 g/mol. The van der Waals surface area contributed by atoms with Gasteiger partial charge in [0.15, 0.2) is 11.2 Å². The number of rotatable bonds is 10. The van der Waals surface area contributed by atoms with Gasteiger partial charge in [0.25, 0.3) is 15.6 Å². The van der Waals surface area contributed by atoms with Crippen molar-refractivity contribution in [2.75, 3.05) is 6.61 Å². The smallest absolute Gasteiger partial charge is 0.332 e. The number of aromatic nitrogens is 4. The van der Waals surface area contributed by atoms with Gasteiger partial charge in [-0.15, -0.1) is 0 Å². The van der Waals surface area contributed by atoms with Gasteiger partial charge in [-0.3, -0.25) is 13.9 Å². The Labute approximate surface area is 210 Å². The number of nitrogens with zero attached hydrogens (tertiary/aromatic N) is 4. The van der Waals surface area contributed by atoms with Crippen LogP contribution in [0.5, 0.6) is 0 Å². The predicted octanol–water partition coefficient (Wildman–Crippen LogP) is 2.64. The van der Waals surface area contributed by atoms with E-state index in [1.165, 1.54) is 16.2 Å². The van der Waals surface area contributed by atoms with Crippen molar-refractivity contribution in [3.8, 4) is 0 Å². The van der Waals surface area contributed by atoms with Gasteiger partial charge in [-0.1, -0.05) is 23.7 Å². The van der Waals surface area contributed by atoms with Crippen LogP contribution in [-0.4, -0.2) is 39.8 Å². The minimum absolute atomic E-state index is 0.00402. The number of hydrogen-bond donors (Lipinski definition) is 1. The molecular formula is C19H24ClIN5O5PS. The highest BCUT2D eigenvalue weighted by Gasteiger charge is 2.28. The standard InChI is InChI=1S/C19H24ClIN5O5PS/c1-12(2)23-33(29,30)18-22-16-15(26(18)11-13-5-7-14(20)8-6-13)17(27)25(19(28)24(16)3)9-4-10-31-32-21/h5-8,12,23,32H,4,9-11H2,1-3H3. The van der Waals surface area contributed by atoms with Gasteiger partial charge >= 0.3 is 5.69 Å². The molecule has 0 amide bonds. The average Bonchev–Trinajstić information content (AvgIpc) is 3.13. The third kappa shape index (κ3) is 5.85. The summed E-state index contributed by atoms with van der Waals surface area (Å²) in [5.74, 6) is 0. The molecule has 0 fully saturated rings. The summed E-state index contributed by atoms with van der Waals surface area (Å²) in [6, 6.07) is 6.45. The molecule has 10 nitrogen and oxygen atoms in total. The Morgan fingerprint density at radius 3 is 2.48 bits per heavy atom. The monoisotopic (exact) mass is 627 g/mol. The summed E-state index contributed by atoms with van der Waals surface area (Å²) in [7, 11) is -2.60. The molecule has 2 heterocycles. The Hall–Kier alpha value is -1.31. The molecule has 1 aromatic carbocycles. The molecule has 2 aromatic heterocycles. The first-order valence-corrected chi connectivity index (χ1v) is 15.9. The molecule has 180 valence electrons. The van der Waals surface area contributed by atoms with Crippen molar-refractivity contribution in [3.63, 3.8) is 0 Å². The van der Waals surface area contributed by atoms with Gasteiger partial charge in [-0.2, -0.15) is 4.98 Å². The Bertz CT molecular complexity index is 1370. The molecule has 1 N–H and O–H groups in total. The number of sulfonamides is 1. The van der Waals surface area contributed by atoms with Gasteiger partial charge in [0.1, 0.15) is 0 Å². The fraction of sp³-hybridized carbons (Fsp3) is 0.421. The van der Waals surface area contributed by atoms with Crippen molar-refractivity contribution in [3.05, 3.63) is 55.7 Å². The number of imidazole rings is 1. The molecule has 3 aromatic rings. The summed E-state index contributed by atoms with van der Waals surface area (Å²) in [5, 5.41) is 0.197. The predicted molar refractivity (Wildman–Crippen MR) is 138 cm³/mol. The highest BCUT2D eigenvalue weighted by molar-refractivity contribution is 14.2. The van der Waals surface area contributed by atoms with Gasteiger partial charge in [0.05, 0.1) is 19.6 Å². The highest BCUT2D eigenvalue weighted by atomic mass is 127. The lowest BCUT2D eigenvalue weighted by Gasteiger charge is -2.13. The molecule has 0 aliphatic carbocycles. The first-order chi connectivity index (χ1) is 15.6. The first kappa shape index (κ1) is 26.3. The maximum atomic E-state index is 13.4. The van der Waals surface area contributed by atoms with E-state index in [9.17, 15) is 18.0 Å². The van der Waals surface area contributed by atoms with E-state index in [4.69, 9.17) is 16.1 Å². The van der Waals surface area contributed by atoms with E-state index in [0.29, 0.717) is 18.1 Å². The fourth-order valence-electron chi connectivity index (χ4n) is 3.37. The van der Waals surface area contributed by atoms with Crippen LogP contribution in [0, 0.1) is 0 Å². The molecule has 3 rings (SSSR count). The van der Waals surface area contributed by atoms with Crippen molar-refractivity contribution in [1.82, 2.24) is 23.4 Å². The average molecular weight is 628 g/mol. The van der Waals surface area contributed by atoms with Crippen LogP contribution in [0.15, 0.2) is 39.0 Å². The second-order valence-corrected chi connectivity index (χ2v) is 11.4. The maximum Gasteiger partial charge on any atom is 0.332 e. The SMILES string of the molecule is CC(C)NS(=O)(=O)c1nc2c(c(=O)n(CCCOPI)c(=O)n2C)n1Cc1ccc(Cl)cc1. The summed E-state index contributed by atoms with van der Waals surface area (Å²) in [6.45, 7) is 4.24. The third-order valence-corrected chi connectivity index (χ3v) is 7.84. The van der Waals surface area contributed by atoms with Gasteiger partial charge in [-0.25, -0.2) is 17.9 Å². The lowest BCUT2D eigenvalue weighted by atomic mass is 10.2. The lowest BCUT2D eigenvalue weighted by Crippen LogP contribution is -2.40. The summed E-state index contributed by atoms with van der Waals surface area (Å²) < 4.78 is 37.6. The second-order valence-electron chi connectivity index (χ2n) is 7.63. The zero-order valence-corrected chi connectivity index (χ0v) is 22.9. The van der Waals surface area contributed by atoms with E-state index < -0.39 is 27.3 Å². The zero-order valence-electron chi connectivity index (χ0n) is 18.2. The first-order valence-electron chi connectivity index (χ1n) is 10.0. The van der Waals surface area contributed by atoms with Crippen molar-refractivity contribution < 1.29 is 12.9 Å². The molecule has 1 unspecified atom stereocenters. The van der Waals surface area contributed by atoms with Crippen LogP contribution in [-0.2, 0) is 34.7 Å². The van der Waals surface area contributed by atoms with Gasteiger partial charge in [-0.05, 0) is 60.0 Å². The topological polar surface area (TPSA) is 117 Å². The Morgan fingerprint density at radius 2 is 1.88 bits per heavy atom. The number of aryl methyl sites for hydroxylation is 1. The molecule has 33 heavy (non-hydrogen) atoms.